The summed E-state index contributed by atoms with van der Waals surface area (Å²) in [5, 5.41) is 12.1. The van der Waals surface area contributed by atoms with Gasteiger partial charge in [-0.05, 0) is 13.0 Å². The third kappa shape index (κ3) is 1.43. The minimum absolute atomic E-state index is 0.218. The van der Waals surface area contributed by atoms with Crippen LogP contribution < -0.4 is 5.32 Å². The maximum absolute atomic E-state index is 12.3. The molecule has 1 rings (SSSR count). The molecule has 1 aliphatic heterocycles. The zero-order chi connectivity index (χ0) is 9.41. The van der Waals surface area contributed by atoms with Gasteiger partial charge in [0.25, 0.3) is 0 Å². The van der Waals surface area contributed by atoms with Crippen molar-refractivity contribution in [1.29, 1.82) is 0 Å². The van der Waals surface area contributed by atoms with Crippen LogP contribution in [0.1, 0.15) is 13.3 Å². The zero-order valence-corrected chi connectivity index (χ0v) is 6.78. The number of hydrogen-bond donors (Lipinski definition) is 2. The highest BCUT2D eigenvalue weighted by molar-refractivity contribution is 4.95. The molecule has 0 saturated carbocycles. The molecular weight excluding hydrogens is 171 g/mol. The molecule has 1 fully saturated rings. The summed E-state index contributed by atoms with van der Waals surface area (Å²) < 4.78 is 36.9. The molecule has 12 heavy (non-hydrogen) atoms. The van der Waals surface area contributed by atoms with Crippen LogP contribution in [0.3, 0.4) is 0 Å². The highest BCUT2D eigenvalue weighted by Crippen LogP contribution is 2.39. The van der Waals surface area contributed by atoms with E-state index in [-0.39, 0.29) is 19.5 Å². The van der Waals surface area contributed by atoms with Crippen LogP contribution in [-0.4, -0.2) is 30.0 Å². The molecule has 0 unspecified atom stereocenters. The minimum Gasteiger partial charge on any atom is -0.380 e. The molecule has 0 aliphatic carbocycles. The van der Waals surface area contributed by atoms with E-state index in [1.807, 2.05) is 0 Å². The quantitative estimate of drug-likeness (QED) is 0.585. The first-order valence-corrected chi connectivity index (χ1v) is 3.88. The number of halogens is 3. The fraction of sp³-hybridized carbons (Fsp3) is 1.00. The summed E-state index contributed by atoms with van der Waals surface area (Å²) in [7, 11) is 0. The Morgan fingerprint density at radius 3 is 2.42 bits per heavy atom. The van der Waals surface area contributed by atoms with Gasteiger partial charge in [0.2, 0.25) is 0 Å². The topological polar surface area (TPSA) is 32.3 Å². The molecule has 2 nitrogen and oxygen atoms in total. The summed E-state index contributed by atoms with van der Waals surface area (Å²) in [6.45, 7) is 1.84. The Hall–Kier alpha value is -0.290. The second kappa shape index (κ2) is 2.88. The third-order valence-electron chi connectivity index (χ3n) is 2.44. The van der Waals surface area contributed by atoms with Gasteiger partial charge in [0.05, 0.1) is 0 Å². The lowest BCUT2D eigenvalue weighted by atomic mass is 9.82. The molecule has 0 bridgehead atoms. The standard InChI is InChI=1S/C7H12F3NO/c1-5-4-11-3-2-6(5,12)7(8,9)10/h5,11-12H,2-4H2,1H3/t5-,6-/m1/s1. The van der Waals surface area contributed by atoms with E-state index in [0.29, 0.717) is 0 Å². The summed E-state index contributed by atoms with van der Waals surface area (Å²) in [4.78, 5) is 0. The van der Waals surface area contributed by atoms with Gasteiger partial charge in [-0.15, -0.1) is 0 Å². The van der Waals surface area contributed by atoms with Gasteiger partial charge in [-0.1, -0.05) is 6.92 Å². The lowest BCUT2D eigenvalue weighted by Gasteiger charge is -2.39. The Labute approximate surface area is 68.8 Å². The number of hydrogen-bond acceptors (Lipinski definition) is 2. The van der Waals surface area contributed by atoms with Gasteiger partial charge in [-0.25, -0.2) is 0 Å². The normalized spacial score (nSPS) is 38.2. The highest BCUT2D eigenvalue weighted by Gasteiger charge is 2.57. The molecule has 5 heteroatoms. The molecule has 1 aliphatic rings. The minimum atomic E-state index is -4.51. The smallest absolute Gasteiger partial charge is 0.380 e. The largest absolute Gasteiger partial charge is 0.417 e. The number of alkyl halides is 3. The van der Waals surface area contributed by atoms with Crippen LogP contribution in [0.4, 0.5) is 13.2 Å². The highest BCUT2D eigenvalue weighted by atomic mass is 19.4. The van der Waals surface area contributed by atoms with E-state index in [4.69, 9.17) is 0 Å². The summed E-state index contributed by atoms with van der Waals surface area (Å²) in [5.41, 5.74) is -2.49. The Bertz CT molecular complexity index is 171. The maximum Gasteiger partial charge on any atom is 0.417 e. The van der Waals surface area contributed by atoms with E-state index in [1.54, 1.807) is 0 Å². The predicted octanol–water partition coefficient (Wildman–Crippen LogP) is 0.909. The molecule has 0 amide bonds. The van der Waals surface area contributed by atoms with Crippen LogP contribution in [-0.2, 0) is 0 Å². The second-order valence-corrected chi connectivity index (χ2v) is 3.28. The van der Waals surface area contributed by atoms with Crippen molar-refractivity contribution in [1.82, 2.24) is 5.32 Å². The van der Waals surface area contributed by atoms with Gasteiger partial charge in [-0.2, -0.15) is 13.2 Å². The van der Waals surface area contributed by atoms with E-state index in [0.717, 1.165) is 0 Å². The molecule has 2 N–H and O–H groups in total. The van der Waals surface area contributed by atoms with E-state index < -0.39 is 17.7 Å². The number of rotatable bonds is 0. The first-order chi connectivity index (χ1) is 5.38. The van der Waals surface area contributed by atoms with Crippen LogP contribution in [0.2, 0.25) is 0 Å². The average molecular weight is 183 g/mol. The van der Waals surface area contributed by atoms with Crippen LogP contribution in [0, 0.1) is 5.92 Å². The fourth-order valence-corrected chi connectivity index (χ4v) is 1.43. The van der Waals surface area contributed by atoms with Crippen LogP contribution >= 0.6 is 0 Å². The van der Waals surface area contributed by atoms with E-state index in [1.165, 1.54) is 6.92 Å². The van der Waals surface area contributed by atoms with Crippen molar-refractivity contribution in [3.63, 3.8) is 0 Å². The third-order valence-corrected chi connectivity index (χ3v) is 2.44. The Kier molecular flexibility index (Phi) is 2.35. The van der Waals surface area contributed by atoms with Crippen molar-refractivity contribution in [2.24, 2.45) is 5.92 Å². The zero-order valence-electron chi connectivity index (χ0n) is 6.78. The second-order valence-electron chi connectivity index (χ2n) is 3.28. The maximum atomic E-state index is 12.3. The fourth-order valence-electron chi connectivity index (χ4n) is 1.43. The van der Waals surface area contributed by atoms with Crippen molar-refractivity contribution < 1.29 is 18.3 Å². The van der Waals surface area contributed by atoms with E-state index in [2.05, 4.69) is 5.32 Å². The van der Waals surface area contributed by atoms with E-state index in [9.17, 15) is 18.3 Å². The first-order valence-electron chi connectivity index (χ1n) is 3.88. The average Bonchev–Trinajstić information content (AvgIpc) is 1.93. The van der Waals surface area contributed by atoms with Crippen molar-refractivity contribution >= 4 is 0 Å². The van der Waals surface area contributed by atoms with Gasteiger partial charge in [0, 0.05) is 12.5 Å². The molecule has 0 aromatic carbocycles. The Balaban J connectivity index is 2.79. The molecule has 2 atom stereocenters. The lowest BCUT2D eigenvalue weighted by molar-refractivity contribution is -0.283. The Morgan fingerprint density at radius 1 is 1.50 bits per heavy atom. The lowest BCUT2D eigenvalue weighted by Crippen LogP contribution is -2.57. The molecule has 0 radical (unpaired) electrons. The van der Waals surface area contributed by atoms with Gasteiger partial charge < -0.3 is 10.4 Å². The van der Waals surface area contributed by atoms with Gasteiger partial charge >= 0.3 is 6.18 Å². The SMILES string of the molecule is C[C@@H]1CNCC[C@]1(O)C(F)(F)F. The molecule has 0 aromatic rings. The van der Waals surface area contributed by atoms with Gasteiger partial charge in [-0.3, -0.25) is 0 Å². The molecule has 0 aromatic heterocycles. The summed E-state index contributed by atoms with van der Waals surface area (Å²) in [5.74, 6) is -0.772. The van der Waals surface area contributed by atoms with Crippen LogP contribution in [0.15, 0.2) is 0 Å². The molecule has 72 valence electrons. The summed E-state index contributed by atoms with van der Waals surface area (Å²) in [6.07, 6.45) is -4.76. The number of piperidine rings is 1. The van der Waals surface area contributed by atoms with Crippen molar-refractivity contribution in [2.75, 3.05) is 13.1 Å². The van der Waals surface area contributed by atoms with Crippen molar-refractivity contribution in [3.8, 4) is 0 Å². The summed E-state index contributed by atoms with van der Waals surface area (Å²) in [6, 6.07) is 0. The van der Waals surface area contributed by atoms with Crippen LogP contribution in [0.5, 0.6) is 0 Å². The summed E-state index contributed by atoms with van der Waals surface area (Å²) >= 11 is 0. The van der Waals surface area contributed by atoms with Gasteiger partial charge in [0.15, 0.2) is 5.60 Å². The van der Waals surface area contributed by atoms with Crippen molar-refractivity contribution in [2.45, 2.75) is 25.1 Å². The molecule has 0 spiro atoms. The van der Waals surface area contributed by atoms with E-state index >= 15 is 0 Å². The predicted molar refractivity (Wildman–Crippen MR) is 37.7 cm³/mol. The van der Waals surface area contributed by atoms with Crippen LogP contribution in [0.25, 0.3) is 0 Å². The first kappa shape index (κ1) is 9.80. The molecule has 1 heterocycles. The van der Waals surface area contributed by atoms with Crippen molar-refractivity contribution in [3.05, 3.63) is 0 Å². The molecular formula is C7H12F3NO. The number of aliphatic hydroxyl groups is 1. The number of nitrogens with one attached hydrogen (secondary N) is 1. The monoisotopic (exact) mass is 183 g/mol. The molecule has 1 saturated heterocycles. The van der Waals surface area contributed by atoms with Gasteiger partial charge in [0.1, 0.15) is 0 Å². The Morgan fingerprint density at radius 2 is 2.08 bits per heavy atom.